The van der Waals surface area contributed by atoms with Gasteiger partial charge in [-0.05, 0) is 6.42 Å². The Labute approximate surface area is 95.2 Å². The van der Waals surface area contributed by atoms with E-state index in [1.165, 1.54) is 6.33 Å². The third kappa shape index (κ3) is 3.54. The average Bonchev–Trinajstić information content (AvgIpc) is 2.30. The lowest BCUT2D eigenvalue weighted by atomic mass is 10.4. The number of hydrogen-bond acceptors (Lipinski definition) is 6. The normalized spacial score (nSPS) is 10.1. The summed E-state index contributed by atoms with van der Waals surface area (Å²) >= 11 is 0. The van der Waals surface area contributed by atoms with Gasteiger partial charge in [-0.25, -0.2) is 4.98 Å². The van der Waals surface area contributed by atoms with Crippen LogP contribution in [0.2, 0.25) is 0 Å². The summed E-state index contributed by atoms with van der Waals surface area (Å²) in [7, 11) is 1.64. The third-order valence-electron chi connectivity index (χ3n) is 1.89. The first-order valence-corrected chi connectivity index (χ1v) is 5.25. The Morgan fingerprint density at radius 2 is 2.19 bits per heavy atom. The van der Waals surface area contributed by atoms with Gasteiger partial charge in [-0.3, -0.25) is 0 Å². The molecule has 0 radical (unpaired) electrons. The van der Waals surface area contributed by atoms with Gasteiger partial charge in [-0.15, -0.1) is 0 Å². The highest BCUT2D eigenvalue weighted by molar-refractivity contribution is 5.66. The molecule has 0 aromatic carbocycles. The zero-order valence-corrected chi connectivity index (χ0v) is 9.69. The molecular weight excluding hydrogens is 208 g/mol. The molecule has 0 aliphatic heterocycles. The molecule has 0 fully saturated rings. The standard InChI is InChI=1S/C10H18N4O2/c1-3-5-16-10-8(11)9(13-7-14-10)12-4-6-15-2/h7H,3-6,11H2,1-2H3,(H,12,13,14). The van der Waals surface area contributed by atoms with E-state index in [1.807, 2.05) is 6.92 Å². The summed E-state index contributed by atoms with van der Waals surface area (Å²) in [6.07, 6.45) is 2.34. The van der Waals surface area contributed by atoms with Gasteiger partial charge in [0.2, 0.25) is 5.88 Å². The molecule has 0 atom stereocenters. The number of hydrogen-bond donors (Lipinski definition) is 2. The van der Waals surface area contributed by atoms with Gasteiger partial charge in [-0.1, -0.05) is 6.92 Å². The Balaban J connectivity index is 2.62. The summed E-state index contributed by atoms with van der Waals surface area (Å²) in [6.45, 7) is 3.85. The summed E-state index contributed by atoms with van der Waals surface area (Å²) in [4.78, 5) is 8.01. The maximum absolute atomic E-state index is 5.85. The van der Waals surface area contributed by atoms with E-state index in [-0.39, 0.29) is 0 Å². The van der Waals surface area contributed by atoms with E-state index in [0.29, 0.717) is 37.1 Å². The average molecular weight is 226 g/mol. The summed E-state index contributed by atoms with van der Waals surface area (Å²) in [6, 6.07) is 0. The first kappa shape index (κ1) is 12.5. The smallest absolute Gasteiger partial charge is 0.242 e. The van der Waals surface area contributed by atoms with Crippen LogP contribution in [-0.2, 0) is 4.74 Å². The van der Waals surface area contributed by atoms with Gasteiger partial charge >= 0.3 is 0 Å². The Hall–Kier alpha value is -1.56. The molecule has 90 valence electrons. The van der Waals surface area contributed by atoms with Crippen molar-refractivity contribution in [3.05, 3.63) is 6.33 Å². The molecule has 16 heavy (non-hydrogen) atoms. The summed E-state index contributed by atoms with van der Waals surface area (Å²) in [5.41, 5.74) is 6.29. The van der Waals surface area contributed by atoms with E-state index in [0.717, 1.165) is 6.42 Å². The van der Waals surface area contributed by atoms with Gasteiger partial charge in [0.05, 0.1) is 13.2 Å². The minimum absolute atomic E-state index is 0.428. The largest absolute Gasteiger partial charge is 0.476 e. The lowest BCUT2D eigenvalue weighted by molar-refractivity contribution is 0.210. The number of anilines is 2. The van der Waals surface area contributed by atoms with Crippen LogP contribution in [0.15, 0.2) is 6.33 Å². The highest BCUT2D eigenvalue weighted by Crippen LogP contribution is 2.24. The van der Waals surface area contributed by atoms with Gasteiger partial charge in [-0.2, -0.15) is 4.98 Å². The maximum atomic E-state index is 5.85. The molecule has 0 amide bonds. The molecule has 0 bridgehead atoms. The first-order valence-electron chi connectivity index (χ1n) is 5.25. The third-order valence-corrected chi connectivity index (χ3v) is 1.89. The molecule has 0 unspecified atom stereocenters. The van der Waals surface area contributed by atoms with E-state index >= 15 is 0 Å². The predicted octanol–water partition coefficient (Wildman–Crippen LogP) is 0.906. The van der Waals surface area contributed by atoms with E-state index in [4.69, 9.17) is 15.2 Å². The zero-order chi connectivity index (χ0) is 11.8. The lowest BCUT2D eigenvalue weighted by Gasteiger charge is -2.10. The number of nitrogen functional groups attached to an aromatic ring is 1. The van der Waals surface area contributed by atoms with Crippen LogP contribution < -0.4 is 15.8 Å². The number of nitrogens with two attached hydrogens (primary N) is 1. The molecule has 0 saturated heterocycles. The number of aromatic nitrogens is 2. The molecule has 0 aliphatic rings. The van der Waals surface area contributed by atoms with Crippen molar-refractivity contribution in [2.75, 3.05) is 37.9 Å². The Morgan fingerprint density at radius 3 is 2.88 bits per heavy atom. The van der Waals surface area contributed by atoms with Crippen LogP contribution in [0.3, 0.4) is 0 Å². The molecule has 1 aromatic heterocycles. The van der Waals surface area contributed by atoms with Crippen LogP contribution in [0, 0.1) is 0 Å². The second-order valence-electron chi connectivity index (χ2n) is 3.21. The molecule has 6 heteroatoms. The van der Waals surface area contributed by atoms with Crippen LogP contribution >= 0.6 is 0 Å². The minimum atomic E-state index is 0.428. The molecule has 0 spiro atoms. The molecule has 6 nitrogen and oxygen atoms in total. The van der Waals surface area contributed by atoms with Gasteiger partial charge in [0.25, 0.3) is 0 Å². The van der Waals surface area contributed by atoms with Crippen LogP contribution in [0.5, 0.6) is 5.88 Å². The Bertz CT molecular complexity index is 320. The van der Waals surface area contributed by atoms with Gasteiger partial charge in [0, 0.05) is 13.7 Å². The van der Waals surface area contributed by atoms with Crippen LogP contribution in [0.1, 0.15) is 13.3 Å². The number of methoxy groups -OCH3 is 1. The van der Waals surface area contributed by atoms with Crippen molar-refractivity contribution in [1.82, 2.24) is 9.97 Å². The second kappa shape index (κ2) is 6.84. The van der Waals surface area contributed by atoms with Gasteiger partial charge in [0.1, 0.15) is 12.0 Å². The fraction of sp³-hybridized carbons (Fsp3) is 0.600. The number of ether oxygens (including phenoxy) is 2. The fourth-order valence-electron chi connectivity index (χ4n) is 1.11. The maximum Gasteiger partial charge on any atom is 0.242 e. The van der Waals surface area contributed by atoms with Crippen molar-refractivity contribution in [1.29, 1.82) is 0 Å². The monoisotopic (exact) mass is 226 g/mol. The van der Waals surface area contributed by atoms with E-state index in [2.05, 4.69) is 15.3 Å². The van der Waals surface area contributed by atoms with Crippen molar-refractivity contribution < 1.29 is 9.47 Å². The van der Waals surface area contributed by atoms with E-state index < -0.39 is 0 Å². The van der Waals surface area contributed by atoms with Crippen LogP contribution in [0.25, 0.3) is 0 Å². The number of nitrogens with zero attached hydrogens (tertiary/aromatic N) is 2. The van der Waals surface area contributed by atoms with E-state index in [9.17, 15) is 0 Å². The molecular formula is C10H18N4O2. The highest BCUT2D eigenvalue weighted by atomic mass is 16.5. The highest BCUT2D eigenvalue weighted by Gasteiger charge is 2.08. The van der Waals surface area contributed by atoms with Crippen molar-refractivity contribution in [2.24, 2.45) is 0 Å². The predicted molar refractivity (Wildman–Crippen MR) is 62.6 cm³/mol. The van der Waals surface area contributed by atoms with Gasteiger partial charge in [0.15, 0.2) is 5.82 Å². The van der Waals surface area contributed by atoms with Crippen molar-refractivity contribution in [2.45, 2.75) is 13.3 Å². The van der Waals surface area contributed by atoms with Crippen molar-refractivity contribution >= 4 is 11.5 Å². The van der Waals surface area contributed by atoms with Crippen LogP contribution in [-0.4, -0.2) is 36.8 Å². The molecule has 0 saturated carbocycles. The molecule has 1 heterocycles. The summed E-state index contributed by atoms with van der Waals surface area (Å²) in [5, 5.41) is 3.05. The topological polar surface area (TPSA) is 82.3 Å². The summed E-state index contributed by atoms with van der Waals surface area (Å²) < 4.78 is 10.3. The number of nitrogens with one attached hydrogen (secondary N) is 1. The molecule has 1 aromatic rings. The SMILES string of the molecule is CCCOc1ncnc(NCCOC)c1N. The zero-order valence-electron chi connectivity index (χ0n) is 9.69. The molecule has 3 N–H and O–H groups in total. The lowest BCUT2D eigenvalue weighted by Crippen LogP contribution is -2.12. The minimum Gasteiger partial charge on any atom is -0.476 e. The van der Waals surface area contributed by atoms with Crippen LogP contribution in [0.4, 0.5) is 11.5 Å². The van der Waals surface area contributed by atoms with Crippen molar-refractivity contribution in [3.63, 3.8) is 0 Å². The molecule has 1 rings (SSSR count). The molecule has 0 aliphatic carbocycles. The fourth-order valence-corrected chi connectivity index (χ4v) is 1.11. The quantitative estimate of drug-likeness (QED) is 0.672. The van der Waals surface area contributed by atoms with E-state index in [1.54, 1.807) is 7.11 Å². The Morgan fingerprint density at radius 1 is 1.38 bits per heavy atom. The number of rotatable bonds is 7. The first-order chi connectivity index (χ1) is 7.79. The Kier molecular flexibility index (Phi) is 5.35. The second-order valence-corrected chi connectivity index (χ2v) is 3.21. The summed E-state index contributed by atoms with van der Waals surface area (Å²) in [5.74, 6) is 1.01. The van der Waals surface area contributed by atoms with Gasteiger partial charge < -0.3 is 20.5 Å². The van der Waals surface area contributed by atoms with Crippen molar-refractivity contribution in [3.8, 4) is 5.88 Å².